The minimum atomic E-state index is -4.27. The average Bonchev–Trinajstić information content (AvgIpc) is 3.74. The Kier molecular flexibility index (Phi) is 9.07. The molecule has 1 saturated heterocycles. The number of carboxylic acids is 1. The third-order valence-corrected chi connectivity index (χ3v) is 7.63. The first-order valence-electron chi connectivity index (χ1n) is 13.3. The number of carboxylic acid groups (broad SMARTS) is 1. The predicted octanol–water partition coefficient (Wildman–Crippen LogP) is 6.17. The predicted molar refractivity (Wildman–Crippen MR) is 140 cm³/mol. The van der Waals surface area contributed by atoms with Crippen LogP contribution >= 0.6 is 0 Å². The molecule has 2 fully saturated rings. The van der Waals surface area contributed by atoms with E-state index < -0.39 is 24.7 Å². The van der Waals surface area contributed by atoms with Crippen LogP contribution in [0.2, 0.25) is 0 Å². The highest BCUT2D eigenvalue weighted by Gasteiger charge is 2.34. The van der Waals surface area contributed by atoms with Gasteiger partial charge < -0.3 is 24.8 Å². The highest BCUT2D eigenvalue weighted by atomic mass is 19.4. The van der Waals surface area contributed by atoms with Crippen LogP contribution in [0, 0.1) is 11.8 Å². The van der Waals surface area contributed by atoms with E-state index in [2.05, 4.69) is 10.2 Å². The number of halogens is 3. The van der Waals surface area contributed by atoms with E-state index in [0.29, 0.717) is 24.2 Å². The Morgan fingerprint density at radius 1 is 1.11 bits per heavy atom. The van der Waals surface area contributed by atoms with E-state index in [1.165, 1.54) is 0 Å². The molecule has 1 aliphatic heterocycles. The van der Waals surface area contributed by atoms with Crippen LogP contribution in [-0.4, -0.2) is 50.6 Å². The second-order valence-corrected chi connectivity index (χ2v) is 10.5. The van der Waals surface area contributed by atoms with Crippen molar-refractivity contribution in [1.29, 1.82) is 0 Å². The van der Waals surface area contributed by atoms with Gasteiger partial charge in [-0.3, -0.25) is 4.79 Å². The molecule has 2 N–H and O–H groups in total. The van der Waals surface area contributed by atoms with E-state index in [1.807, 2.05) is 36.4 Å². The molecule has 1 heterocycles. The van der Waals surface area contributed by atoms with Gasteiger partial charge in [0.2, 0.25) is 0 Å². The number of anilines is 1. The third-order valence-electron chi connectivity index (χ3n) is 7.63. The second kappa shape index (κ2) is 12.3. The van der Waals surface area contributed by atoms with Gasteiger partial charge in [0.1, 0.15) is 11.5 Å². The minimum absolute atomic E-state index is 0.0318. The molecule has 208 valence electrons. The number of rotatable bonds is 12. The molecule has 0 bridgehead atoms. The van der Waals surface area contributed by atoms with Crippen molar-refractivity contribution in [2.24, 2.45) is 11.8 Å². The fourth-order valence-electron chi connectivity index (χ4n) is 5.30. The normalized spacial score (nSPS) is 18.2. The molecule has 6 nitrogen and oxygen atoms in total. The fourth-order valence-corrected chi connectivity index (χ4v) is 5.30. The minimum Gasteiger partial charge on any atom is -0.497 e. The zero-order chi connectivity index (χ0) is 27.3. The maximum absolute atomic E-state index is 12.8. The van der Waals surface area contributed by atoms with Crippen LogP contribution in [-0.2, 0) is 4.79 Å². The molecule has 0 amide bonds. The van der Waals surface area contributed by atoms with Crippen LogP contribution in [0.3, 0.4) is 0 Å². The van der Waals surface area contributed by atoms with E-state index >= 15 is 0 Å². The Labute approximate surface area is 222 Å². The van der Waals surface area contributed by atoms with Gasteiger partial charge in [-0.1, -0.05) is 18.2 Å². The summed E-state index contributed by atoms with van der Waals surface area (Å²) in [5, 5.41) is 11.9. The molecule has 0 aromatic heterocycles. The fraction of sp³-hybridized carbons (Fsp3) is 0.552. The van der Waals surface area contributed by atoms with Crippen LogP contribution in [0.25, 0.3) is 0 Å². The Bertz CT molecular complexity index is 1080. The number of alkyl halides is 3. The summed E-state index contributed by atoms with van der Waals surface area (Å²) in [5.74, 6) is 1.49. The maximum Gasteiger partial charge on any atom is 0.401 e. The molecule has 2 unspecified atom stereocenters. The van der Waals surface area contributed by atoms with Gasteiger partial charge in [-0.25, -0.2) is 0 Å². The number of ether oxygens (including phenoxy) is 2. The van der Waals surface area contributed by atoms with Crippen molar-refractivity contribution < 1.29 is 32.5 Å². The first kappa shape index (κ1) is 28.1. The summed E-state index contributed by atoms with van der Waals surface area (Å²) in [6, 6.07) is 12.9. The zero-order valence-corrected chi connectivity index (χ0v) is 22.0. The van der Waals surface area contributed by atoms with Crippen molar-refractivity contribution >= 4 is 11.7 Å². The van der Waals surface area contributed by atoms with Crippen molar-refractivity contribution in [3.8, 4) is 11.5 Å². The Morgan fingerprint density at radius 3 is 2.47 bits per heavy atom. The molecule has 9 heteroatoms. The van der Waals surface area contributed by atoms with E-state index in [1.54, 1.807) is 20.1 Å². The van der Waals surface area contributed by atoms with Crippen LogP contribution in [0.5, 0.6) is 11.5 Å². The standard InChI is InChI=1S/C29H37F3N2O4/c1-19(33-18-29(30,31)32)25-9-8-23(37-2)15-27(25)34-12-10-20(11-13-34)17-38-24-5-3-4-22(14-24)26(16-28(35)36)21-6-7-21/h3-5,8-9,14-15,19-21,26,33H,6-7,10-13,16-18H2,1-2H3,(H,35,36). The monoisotopic (exact) mass is 534 g/mol. The second-order valence-electron chi connectivity index (χ2n) is 10.5. The number of hydrogen-bond acceptors (Lipinski definition) is 5. The first-order chi connectivity index (χ1) is 18.1. The number of piperidine rings is 1. The van der Waals surface area contributed by atoms with Crippen molar-refractivity contribution in [3.05, 3.63) is 53.6 Å². The van der Waals surface area contributed by atoms with Crippen molar-refractivity contribution in [1.82, 2.24) is 5.32 Å². The lowest BCUT2D eigenvalue weighted by atomic mass is 9.91. The van der Waals surface area contributed by atoms with Crippen LogP contribution in [0.4, 0.5) is 18.9 Å². The number of aliphatic carboxylic acids is 1. The van der Waals surface area contributed by atoms with E-state index in [-0.39, 0.29) is 12.3 Å². The summed E-state index contributed by atoms with van der Waals surface area (Å²) in [6.45, 7) is 2.80. The van der Waals surface area contributed by atoms with Gasteiger partial charge in [-0.05, 0) is 79.7 Å². The van der Waals surface area contributed by atoms with Crippen molar-refractivity contribution in [2.75, 3.05) is 38.3 Å². The van der Waals surface area contributed by atoms with Gasteiger partial charge in [-0.2, -0.15) is 13.2 Å². The zero-order valence-electron chi connectivity index (χ0n) is 22.0. The number of nitrogens with one attached hydrogen (secondary N) is 1. The molecule has 38 heavy (non-hydrogen) atoms. The summed E-state index contributed by atoms with van der Waals surface area (Å²) < 4.78 is 49.8. The van der Waals surface area contributed by atoms with Crippen LogP contribution in [0.1, 0.15) is 62.1 Å². The number of benzene rings is 2. The molecular weight excluding hydrogens is 497 g/mol. The smallest absolute Gasteiger partial charge is 0.401 e. The summed E-state index contributed by atoms with van der Waals surface area (Å²) in [5.41, 5.74) is 2.73. The number of carbonyl (C=O) groups is 1. The number of hydrogen-bond donors (Lipinski definition) is 2. The molecule has 0 spiro atoms. The number of methoxy groups -OCH3 is 1. The lowest BCUT2D eigenvalue weighted by Gasteiger charge is -2.36. The molecule has 2 atom stereocenters. The van der Waals surface area contributed by atoms with Crippen LogP contribution in [0.15, 0.2) is 42.5 Å². The lowest BCUT2D eigenvalue weighted by molar-refractivity contribution is -0.137. The Morgan fingerprint density at radius 2 is 1.84 bits per heavy atom. The largest absolute Gasteiger partial charge is 0.497 e. The van der Waals surface area contributed by atoms with Gasteiger partial charge in [0.05, 0.1) is 26.7 Å². The quantitative estimate of drug-likeness (QED) is 0.339. The molecule has 2 aromatic carbocycles. The SMILES string of the molecule is COc1ccc(C(C)NCC(F)(F)F)c(N2CCC(COc3cccc(C(CC(=O)O)C4CC4)c3)CC2)c1. The highest BCUT2D eigenvalue weighted by molar-refractivity contribution is 5.68. The molecular formula is C29H37F3N2O4. The van der Waals surface area contributed by atoms with E-state index in [4.69, 9.17) is 9.47 Å². The lowest BCUT2D eigenvalue weighted by Crippen LogP contribution is -2.37. The summed E-state index contributed by atoms with van der Waals surface area (Å²) in [7, 11) is 1.58. The van der Waals surface area contributed by atoms with E-state index in [0.717, 1.165) is 61.3 Å². The molecule has 4 rings (SSSR count). The van der Waals surface area contributed by atoms with Gasteiger partial charge >= 0.3 is 12.1 Å². The number of nitrogens with zero attached hydrogens (tertiary/aromatic N) is 1. The molecule has 1 saturated carbocycles. The van der Waals surface area contributed by atoms with Gasteiger partial charge in [0.15, 0.2) is 0 Å². The maximum atomic E-state index is 12.8. The third kappa shape index (κ3) is 7.79. The summed E-state index contributed by atoms with van der Waals surface area (Å²) in [4.78, 5) is 13.6. The topological polar surface area (TPSA) is 71.0 Å². The average molecular weight is 535 g/mol. The molecule has 1 aliphatic carbocycles. The molecule has 2 aliphatic rings. The van der Waals surface area contributed by atoms with Gasteiger partial charge in [0, 0.05) is 30.9 Å². The van der Waals surface area contributed by atoms with Crippen LogP contribution < -0.4 is 19.7 Å². The summed E-state index contributed by atoms with van der Waals surface area (Å²) >= 11 is 0. The van der Waals surface area contributed by atoms with Crippen molar-refractivity contribution in [2.45, 2.75) is 57.2 Å². The Hall–Kier alpha value is -2.94. The first-order valence-corrected chi connectivity index (χ1v) is 13.3. The Balaban J connectivity index is 1.35. The molecule has 0 radical (unpaired) electrons. The van der Waals surface area contributed by atoms with Crippen molar-refractivity contribution in [3.63, 3.8) is 0 Å². The van der Waals surface area contributed by atoms with E-state index in [9.17, 15) is 23.1 Å². The van der Waals surface area contributed by atoms with Gasteiger partial charge in [0.25, 0.3) is 0 Å². The molecule has 2 aromatic rings. The highest BCUT2D eigenvalue weighted by Crippen LogP contribution is 2.45. The summed E-state index contributed by atoms with van der Waals surface area (Å²) in [6.07, 6.45) is -0.187. The van der Waals surface area contributed by atoms with Gasteiger partial charge in [-0.15, -0.1) is 0 Å².